The second-order valence-electron chi connectivity index (χ2n) is 11.2. The van der Waals surface area contributed by atoms with E-state index in [1.807, 2.05) is 52.5 Å². The summed E-state index contributed by atoms with van der Waals surface area (Å²) in [6.07, 6.45) is 0.791. The summed E-state index contributed by atoms with van der Waals surface area (Å²) in [6, 6.07) is 10.2. The maximum absolute atomic E-state index is 11.0. The third kappa shape index (κ3) is 8.23. The van der Waals surface area contributed by atoms with E-state index in [4.69, 9.17) is 29.3 Å². The predicted molar refractivity (Wildman–Crippen MR) is 174 cm³/mol. The molecule has 4 N–H and O–H groups in total. The Bertz CT molecular complexity index is 1400. The number of piperidine rings is 1. The molecular weight excluding hydrogens is 564 g/mol. The number of hydrogen-bond acceptors (Lipinski definition) is 11. The monoisotopic (exact) mass is 610 g/mol. The SMILES string of the molecule is COc1cc2nc(NCCNC(=O)O)nc(N(Cc3c(OCCN(C)C)cccc3N(C)C)C3CCNCC3)c2cc1OC. The van der Waals surface area contributed by atoms with Gasteiger partial charge in [-0.15, -0.1) is 0 Å². The number of hydrogen-bond donors (Lipinski definition) is 4. The van der Waals surface area contributed by atoms with Gasteiger partial charge in [-0.05, 0) is 58.2 Å². The molecule has 0 aliphatic carbocycles. The van der Waals surface area contributed by atoms with Crippen LogP contribution in [0.15, 0.2) is 30.3 Å². The Labute approximate surface area is 259 Å². The number of rotatable bonds is 15. The second-order valence-corrected chi connectivity index (χ2v) is 11.2. The Kier molecular flexibility index (Phi) is 11.5. The maximum Gasteiger partial charge on any atom is 0.404 e. The van der Waals surface area contributed by atoms with Gasteiger partial charge in [0, 0.05) is 62.5 Å². The Morgan fingerprint density at radius 2 is 1.75 bits per heavy atom. The number of likely N-dealkylation sites (N-methyl/N-ethyl adjacent to an activating group) is 1. The van der Waals surface area contributed by atoms with Crippen molar-refractivity contribution in [1.29, 1.82) is 0 Å². The summed E-state index contributed by atoms with van der Waals surface area (Å²) >= 11 is 0. The molecule has 240 valence electrons. The number of benzene rings is 2. The van der Waals surface area contributed by atoms with Crippen LogP contribution in [0.1, 0.15) is 18.4 Å². The largest absolute Gasteiger partial charge is 0.493 e. The molecule has 1 aliphatic heterocycles. The van der Waals surface area contributed by atoms with E-state index >= 15 is 0 Å². The lowest BCUT2D eigenvalue weighted by atomic mass is 10.0. The molecule has 1 saturated heterocycles. The minimum Gasteiger partial charge on any atom is -0.493 e. The van der Waals surface area contributed by atoms with Crippen molar-refractivity contribution in [3.8, 4) is 17.2 Å². The van der Waals surface area contributed by atoms with Crippen LogP contribution in [-0.4, -0.2) is 114 Å². The van der Waals surface area contributed by atoms with Gasteiger partial charge >= 0.3 is 6.09 Å². The first-order valence-corrected chi connectivity index (χ1v) is 14.9. The molecule has 0 atom stereocenters. The molecule has 2 heterocycles. The Morgan fingerprint density at radius 3 is 2.41 bits per heavy atom. The summed E-state index contributed by atoms with van der Waals surface area (Å²) in [5.41, 5.74) is 2.83. The normalized spacial score (nSPS) is 13.5. The molecule has 1 aromatic heterocycles. The zero-order valence-electron chi connectivity index (χ0n) is 26.6. The fourth-order valence-corrected chi connectivity index (χ4v) is 5.35. The fourth-order valence-electron chi connectivity index (χ4n) is 5.35. The minimum absolute atomic E-state index is 0.189. The first-order valence-electron chi connectivity index (χ1n) is 14.9. The molecule has 0 saturated carbocycles. The van der Waals surface area contributed by atoms with Crippen LogP contribution in [0.4, 0.5) is 22.2 Å². The highest BCUT2D eigenvalue weighted by Crippen LogP contribution is 2.39. The lowest BCUT2D eigenvalue weighted by Crippen LogP contribution is -2.43. The molecule has 44 heavy (non-hydrogen) atoms. The topological polar surface area (TPSA) is 137 Å². The average Bonchev–Trinajstić information content (AvgIpc) is 3.01. The summed E-state index contributed by atoms with van der Waals surface area (Å²) in [5, 5.41) is 18.9. The van der Waals surface area contributed by atoms with Crippen molar-refractivity contribution >= 4 is 34.4 Å². The summed E-state index contributed by atoms with van der Waals surface area (Å²) in [6.45, 7) is 4.25. The zero-order chi connectivity index (χ0) is 31.6. The van der Waals surface area contributed by atoms with Crippen molar-refractivity contribution in [2.75, 3.05) is 96.9 Å². The number of methoxy groups -OCH3 is 2. The van der Waals surface area contributed by atoms with Gasteiger partial charge in [-0.2, -0.15) is 4.98 Å². The minimum atomic E-state index is -1.08. The highest BCUT2D eigenvalue weighted by molar-refractivity contribution is 5.93. The second kappa shape index (κ2) is 15.5. The van der Waals surface area contributed by atoms with Gasteiger partial charge in [0.25, 0.3) is 0 Å². The van der Waals surface area contributed by atoms with E-state index in [-0.39, 0.29) is 12.6 Å². The first kappa shape index (κ1) is 32.7. The van der Waals surface area contributed by atoms with Gasteiger partial charge in [-0.1, -0.05) is 6.07 Å². The molecule has 4 rings (SSSR count). The van der Waals surface area contributed by atoms with E-state index in [0.29, 0.717) is 42.7 Å². The van der Waals surface area contributed by atoms with Crippen LogP contribution in [0.5, 0.6) is 17.2 Å². The van der Waals surface area contributed by atoms with Gasteiger partial charge in [0.15, 0.2) is 11.5 Å². The molecule has 13 heteroatoms. The van der Waals surface area contributed by atoms with Crippen molar-refractivity contribution in [1.82, 2.24) is 25.5 Å². The molecule has 2 aromatic carbocycles. The molecular formula is C31H46N8O5. The quantitative estimate of drug-likeness (QED) is 0.188. The number of ether oxygens (including phenoxy) is 3. The lowest BCUT2D eigenvalue weighted by Gasteiger charge is -2.37. The van der Waals surface area contributed by atoms with Gasteiger partial charge in [0.2, 0.25) is 5.95 Å². The number of fused-ring (bicyclic) bond motifs is 1. The van der Waals surface area contributed by atoms with Gasteiger partial charge < -0.3 is 50.0 Å². The highest BCUT2D eigenvalue weighted by Gasteiger charge is 2.28. The third-order valence-corrected chi connectivity index (χ3v) is 7.60. The van der Waals surface area contributed by atoms with Gasteiger partial charge in [-0.3, -0.25) is 0 Å². The Balaban J connectivity index is 1.86. The fraction of sp³-hybridized carbons (Fsp3) is 0.516. The summed E-state index contributed by atoms with van der Waals surface area (Å²) in [4.78, 5) is 27.4. The molecule has 1 aliphatic rings. The number of amides is 1. The first-order chi connectivity index (χ1) is 21.2. The van der Waals surface area contributed by atoms with Crippen molar-refractivity contribution < 1.29 is 24.1 Å². The molecule has 1 fully saturated rings. The molecule has 3 aromatic rings. The van der Waals surface area contributed by atoms with Crippen molar-refractivity contribution in [2.24, 2.45) is 0 Å². The standard InChI is InChI=1S/C31H46N8O5/c1-37(2)16-17-44-26-9-7-8-25(38(3)4)23(26)20-39(21-10-12-32-13-11-21)29-22-18-27(42-5)28(43-6)19-24(22)35-30(36-29)33-14-15-34-31(40)41/h7-9,18-19,21,32,34H,10-17,20H2,1-6H3,(H,40,41)(H,33,35,36). The van der Waals surface area contributed by atoms with E-state index in [0.717, 1.165) is 60.7 Å². The number of nitrogens with zero attached hydrogens (tertiary/aromatic N) is 5. The van der Waals surface area contributed by atoms with Crippen LogP contribution >= 0.6 is 0 Å². The molecule has 0 unspecified atom stereocenters. The maximum atomic E-state index is 11.0. The van der Waals surface area contributed by atoms with Crippen LogP contribution in [0.3, 0.4) is 0 Å². The van der Waals surface area contributed by atoms with Crippen molar-refractivity contribution in [3.05, 3.63) is 35.9 Å². The van der Waals surface area contributed by atoms with Crippen molar-refractivity contribution in [2.45, 2.75) is 25.4 Å². The molecule has 0 radical (unpaired) electrons. The molecule has 0 bridgehead atoms. The number of nitrogens with one attached hydrogen (secondary N) is 3. The summed E-state index contributed by atoms with van der Waals surface area (Å²) in [5.74, 6) is 3.14. The Hall–Kier alpha value is -4.23. The van der Waals surface area contributed by atoms with Crippen LogP contribution in [0.2, 0.25) is 0 Å². The van der Waals surface area contributed by atoms with Crippen LogP contribution < -0.4 is 40.0 Å². The number of carbonyl (C=O) groups is 1. The van der Waals surface area contributed by atoms with Gasteiger partial charge in [-0.25, -0.2) is 9.78 Å². The van der Waals surface area contributed by atoms with Gasteiger partial charge in [0.05, 0.1) is 26.3 Å². The van der Waals surface area contributed by atoms with Crippen molar-refractivity contribution in [3.63, 3.8) is 0 Å². The average molecular weight is 611 g/mol. The summed E-state index contributed by atoms with van der Waals surface area (Å²) in [7, 11) is 11.4. The predicted octanol–water partition coefficient (Wildman–Crippen LogP) is 3.09. The smallest absolute Gasteiger partial charge is 0.404 e. The summed E-state index contributed by atoms with van der Waals surface area (Å²) < 4.78 is 17.7. The highest BCUT2D eigenvalue weighted by atomic mass is 16.5. The number of carboxylic acid groups (broad SMARTS) is 1. The van der Waals surface area contributed by atoms with E-state index in [1.54, 1.807) is 14.2 Å². The molecule has 0 spiro atoms. The van der Waals surface area contributed by atoms with E-state index in [2.05, 4.69) is 36.7 Å². The van der Waals surface area contributed by atoms with E-state index in [9.17, 15) is 4.79 Å². The van der Waals surface area contributed by atoms with Crippen LogP contribution in [0, 0.1) is 0 Å². The van der Waals surface area contributed by atoms with E-state index < -0.39 is 6.09 Å². The van der Waals surface area contributed by atoms with Crippen LogP contribution in [-0.2, 0) is 6.54 Å². The Morgan fingerprint density at radius 1 is 1.02 bits per heavy atom. The molecule has 13 nitrogen and oxygen atoms in total. The number of anilines is 3. The third-order valence-electron chi connectivity index (χ3n) is 7.60. The zero-order valence-corrected chi connectivity index (χ0v) is 26.6. The van der Waals surface area contributed by atoms with Crippen LogP contribution in [0.25, 0.3) is 10.9 Å². The van der Waals surface area contributed by atoms with Gasteiger partial charge in [0.1, 0.15) is 18.2 Å². The lowest BCUT2D eigenvalue weighted by molar-refractivity contribution is 0.195. The molecule has 1 amide bonds. The number of aromatic nitrogens is 2. The van der Waals surface area contributed by atoms with E-state index in [1.165, 1.54) is 0 Å².